The Morgan fingerprint density at radius 1 is 1.27 bits per heavy atom. The van der Waals surface area contributed by atoms with Gasteiger partial charge >= 0.3 is 0 Å². The van der Waals surface area contributed by atoms with Crippen LogP contribution in [0.15, 0.2) is 24.3 Å². The molecule has 0 aromatic heterocycles. The topological polar surface area (TPSA) is 55.1 Å². The monoisotopic (exact) mass is 206 g/mol. The minimum Gasteiger partial charge on any atom is -0.399 e. The fourth-order valence-electron chi connectivity index (χ4n) is 1.28. The lowest BCUT2D eigenvalue weighted by Gasteiger charge is -2.20. The fraction of sp³-hybridized carbons (Fsp3) is 0.417. The van der Waals surface area contributed by atoms with E-state index in [1.165, 1.54) is 0 Å². The van der Waals surface area contributed by atoms with E-state index in [0.29, 0.717) is 6.42 Å². The number of benzene rings is 1. The lowest BCUT2D eigenvalue weighted by Crippen LogP contribution is -2.41. The van der Waals surface area contributed by atoms with Crippen LogP contribution in [0.2, 0.25) is 0 Å². The number of hydrogen-bond acceptors (Lipinski definition) is 2. The Hall–Kier alpha value is -1.51. The average Bonchev–Trinajstić information content (AvgIpc) is 2.05. The number of carbonyl (C=O) groups excluding carboxylic acids is 1. The third kappa shape index (κ3) is 4.49. The van der Waals surface area contributed by atoms with Gasteiger partial charge in [-0.25, -0.2) is 0 Å². The molecule has 1 rings (SSSR count). The molecule has 0 saturated heterocycles. The molecule has 0 fully saturated rings. The minimum atomic E-state index is -0.176. The zero-order chi connectivity index (χ0) is 11.5. The molecule has 1 aromatic rings. The van der Waals surface area contributed by atoms with Crippen molar-refractivity contribution >= 4 is 11.6 Å². The summed E-state index contributed by atoms with van der Waals surface area (Å²) in [6, 6.07) is 7.36. The zero-order valence-corrected chi connectivity index (χ0v) is 9.50. The molecule has 0 bridgehead atoms. The molecule has 0 unspecified atom stereocenters. The van der Waals surface area contributed by atoms with E-state index in [1.807, 2.05) is 32.9 Å². The van der Waals surface area contributed by atoms with Crippen molar-refractivity contribution in [2.24, 2.45) is 0 Å². The molecular formula is C12H18N2O. The van der Waals surface area contributed by atoms with E-state index >= 15 is 0 Å². The highest BCUT2D eigenvalue weighted by atomic mass is 16.1. The fourth-order valence-corrected chi connectivity index (χ4v) is 1.28. The summed E-state index contributed by atoms with van der Waals surface area (Å²) in [6.07, 6.45) is 0.400. The van der Waals surface area contributed by atoms with Gasteiger partial charge in [0.15, 0.2) is 0 Å². The standard InChI is InChI=1S/C12H18N2O/c1-12(2,3)14-11(15)8-9-4-6-10(13)7-5-9/h4-7H,8,13H2,1-3H3,(H,14,15). The number of amides is 1. The van der Waals surface area contributed by atoms with Crippen LogP contribution >= 0.6 is 0 Å². The summed E-state index contributed by atoms with van der Waals surface area (Å²) < 4.78 is 0. The van der Waals surface area contributed by atoms with Gasteiger partial charge in [0.1, 0.15) is 0 Å². The van der Waals surface area contributed by atoms with Crippen molar-refractivity contribution in [3.63, 3.8) is 0 Å². The van der Waals surface area contributed by atoms with Crippen molar-refractivity contribution in [1.29, 1.82) is 0 Å². The van der Waals surface area contributed by atoms with Crippen molar-refractivity contribution in [3.05, 3.63) is 29.8 Å². The second-order valence-corrected chi connectivity index (χ2v) is 4.72. The Morgan fingerprint density at radius 3 is 2.27 bits per heavy atom. The van der Waals surface area contributed by atoms with Gasteiger partial charge in [0.25, 0.3) is 0 Å². The van der Waals surface area contributed by atoms with Gasteiger partial charge in [-0.15, -0.1) is 0 Å². The molecule has 3 nitrogen and oxygen atoms in total. The second kappa shape index (κ2) is 4.34. The van der Waals surface area contributed by atoms with Crippen LogP contribution in [-0.2, 0) is 11.2 Å². The Morgan fingerprint density at radius 2 is 1.80 bits per heavy atom. The van der Waals surface area contributed by atoms with Gasteiger partial charge in [0.2, 0.25) is 5.91 Å². The molecule has 15 heavy (non-hydrogen) atoms. The van der Waals surface area contributed by atoms with E-state index in [9.17, 15) is 4.79 Å². The van der Waals surface area contributed by atoms with E-state index in [2.05, 4.69) is 5.32 Å². The van der Waals surface area contributed by atoms with Crippen molar-refractivity contribution in [2.45, 2.75) is 32.7 Å². The van der Waals surface area contributed by atoms with E-state index in [4.69, 9.17) is 5.73 Å². The molecule has 0 aliphatic carbocycles. The predicted molar refractivity (Wildman–Crippen MR) is 62.5 cm³/mol. The first kappa shape index (κ1) is 11.6. The maximum Gasteiger partial charge on any atom is 0.224 e. The quantitative estimate of drug-likeness (QED) is 0.724. The molecule has 0 aliphatic rings. The van der Waals surface area contributed by atoms with E-state index in [1.54, 1.807) is 12.1 Å². The summed E-state index contributed by atoms with van der Waals surface area (Å²) in [6.45, 7) is 5.90. The highest BCUT2D eigenvalue weighted by molar-refractivity contribution is 5.79. The van der Waals surface area contributed by atoms with Gasteiger partial charge in [-0.2, -0.15) is 0 Å². The number of carbonyl (C=O) groups is 1. The molecule has 1 amide bonds. The summed E-state index contributed by atoms with van der Waals surface area (Å²) in [4.78, 5) is 11.6. The number of nitrogen functional groups attached to an aromatic ring is 1. The Labute approximate surface area is 90.7 Å². The molecule has 3 N–H and O–H groups in total. The zero-order valence-electron chi connectivity index (χ0n) is 9.50. The number of hydrogen-bond donors (Lipinski definition) is 2. The van der Waals surface area contributed by atoms with Crippen LogP contribution < -0.4 is 11.1 Å². The van der Waals surface area contributed by atoms with Crippen LogP contribution in [0, 0.1) is 0 Å². The van der Waals surface area contributed by atoms with E-state index in [-0.39, 0.29) is 11.4 Å². The van der Waals surface area contributed by atoms with Crippen LogP contribution in [0.5, 0.6) is 0 Å². The highest BCUT2D eigenvalue weighted by Gasteiger charge is 2.13. The molecule has 1 aromatic carbocycles. The molecular weight excluding hydrogens is 188 g/mol. The van der Waals surface area contributed by atoms with Gasteiger partial charge in [-0.05, 0) is 38.5 Å². The lowest BCUT2D eigenvalue weighted by atomic mass is 10.1. The average molecular weight is 206 g/mol. The predicted octanol–water partition coefficient (Wildman–Crippen LogP) is 1.73. The molecule has 0 spiro atoms. The van der Waals surface area contributed by atoms with Crippen molar-refractivity contribution < 1.29 is 4.79 Å². The first-order valence-electron chi connectivity index (χ1n) is 5.02. The summed E-state index contributed by atoms with van der Waals surface area (Å²) in [5.74, 6) is 0.0345. The third-order valence-corrected chi connectivity index (χ3v) is 1.86. The van der Waals surface area contributed by atoms with Gasteiger partial charge in [-0.1, -0.05) is 12.1 Å². The number of nitrogens with one attached hydrogen (secondary N) is 1. The van der Waals surface area contributed by atoms with Crippen LogP contribution in [-0.4, -0.2) is 11.4 Å². The minimum absolute atomic E-state index is 0.0345. The normalized spacial score (nSPS) is 11.1. The first-order valence-corrected chi connectivity index (χ1v) is 5.02. The van der Waals surface area contributed by atoms with Crippen molar-refractivity contribution in [1.82, 2.24) is 5.32 Å². The SMILES string of the molecule is CC(C)(C)NC(=O)Cc1ccc(N)cc1. The second-order valence-electron chi connectivity index (χ2n) is 4.72. The molecule has 3 heteroatoms. The van der Waals surface area contributed by atoms with Crippen molar-refractivity contribution in [3.8, 4) is 0 Å². The van der Waals surface area contributed by atoms with Crippen LogP contribution in [0.4, 0.5) is 5.69 Å². The molecule has 0 saturated carbocycles. The number of rotatable bonds is 2. The van der Waals surface area contributed by atoms with E-state index < -0.39 is 0 Å². The highest BCUT2D eigenvalue weighted by Crippen LogP contribution is 2.07. The van der Waals surface area contributed by atoms with Crippen molar-refractivity contribution in [2.75, 3.05) is 5.73 Å². The smallest absolute Gasteiger partial charge is 0.224 e. The number of anilines is 1. The van der Waals surface area contributed by atoms with Gasteiger partial charge in [0.05, 0.1) is 6.42 Å². The molecule has 0 atom stereocenters. The maximum absolute atomic E-state index is 11.6. The van der Waals surface area contributed by atoms with Crippen LogP contribution in [0.25, 0.3) is 0 Å². The van der Waals surface area contributed by atoms with E-state index in [0.717, 1.165) is 11.3 Å². The maximum atomic E-state index is 11.6. The van der Waals surface area contributed by atoms with Gasteiger partial charge in [0, 0.05) is 11.2 Å². The largest absolute Gasteiger partial charge is 0.399 e. The van der Waals surface area contributed by atoms with Gasteiger partial charge in [-0.3, -0.25) is 4.79 Å². The molecule has 0 heterocycles. The molecule has 82 valence electrons. The van der Waals surface area contributed by atoms with Gasteiger partial charge < -0.3 is 11.1 Å². The number of nitrogens with two attached hydrogens (primary N) is 1. The molecule has 0 radical (unpaired) electrons. The summed E-state index contributed by atoms with van der Waals surface area (Å²) in [5, 5.41) is 2.91. The third-order valence-electron chi connectivity index (χ3n) is 1.86. The summed E-state index contributed by atoms with van der Waals surface area (Å²) >= 11 is 0. The summed E-state index contributed by atoms with van der Waals surface area (Å²) in [5.41, 5.74) is 7.08. The Balaban J connectivity index is 2.55. The Kier molecular flexibility index (Phi) is 3.35. The molecule has 0 aliphatic heterocycles. The van der Waals surface area contributed by atoms with Crippen LogP contribution in [0.1, 0.15) is 26.3 Å². The first-order chi connectivity index (χ1) is 6.87. The lowest BCUT2D eigenvalue weighted by molar-refractivity contribution is -0.121. The Bertz CT molecular complexity index is 336. The summed E-state index contributed by atoms with van der Waals surface area (Å²) in [7, 11) is 0. The van der Waals surface area contributed by atoms with Crippen LogP contribution in [0.3, 0.4) is 0 Å².